The Balaban J connectivity index is 1.64. The van der Waals surface area contributed by atoms with Crippen LogP contribution in [0.2, 0.25) is 0 Å². The molecule has 0 bridgehead atoms. The Labute approximate surface area is 130 Å². The molecule has 0 aliphatic carbocycles. The third-order valence-corrected chi connectivity index (χ3v) is 3.87. The lowest BCUT2D eigenvalue weighted by Crippen LogP contribution is -2.34. The minimum Gasteiger partial charge on any atom is -0.339 e. The van der Waals surface area contributed by atoms with Gasteiger partial charge in [0, 0.05) is 12.0 Å². The number of rotatable bonds is 3. The summed E-state index contributed by atoms with van der Waals surface area (Å²) in [5, 5.41) is 7.99. The zero-order valence-electron chi connectivity index (χ0n) is 13.7. The molecule has 0 unspecified atom stereocenters. The van der Waals surface area contributed by atoms with Gasteiger partial charge < -0.3 is 9.05 Å². The Kier molecular flexibility index (Phi) is 3.99. The predicted octanol–water partition coefficient (Wildman–Crippen LogP) is 2.44. The number of aromatic nitrogens is 4. The van der Waals surface area contributed by atoms with E-state index < -0.39 is 0 Å². The first-order chi connectivity index (χ1) is 10.4. The molecule has 1 aliphatic heterocycles. The molecule has 22 heavy (non-hydrogen) atoms. The number of aryl methyl sites for hydroxylation is 1. The Bertz CT molecular complexity index is 628. The van der Waals surface area contributed by atoms with Gasteiger partial charge in [-0.3, -0.25) is 4.90 Å². The van der Waals surface area contributed by atoms with Gasteiger partial charge in [-0.25, -0.2) is 0 Å². The highest BCUT2D eigenvalue weighted by Gasteiger charge is 2.27. The van der Waals surface area contributed by atoms with Crippen LogP contribution in [-0.4, -0.2) is 38.3 Å². The molecule has 0 radical (unpaired) electrons. The number of likely N-dealkylation sites (tertiary alicyclic amines) is 1. The summed E-state index contributed by atoms with van der Waals surface area (Å²) in [6.45, 7) is 10.7. The average molecular weight is 305 g/mol. The van der Waals surface area contributed by atoms with Gasteiger partial charge in [0.15, 0.2) is 11.6 Å². The fraction of sp³-hybridized carbons (Fsp3) is 0.733. The van der Waals surface area contributed by atoms with Gasteiger partial charge >= 0.3 is 0 Å². The summed E-state index contributed by atoms with van der Waals surface area (Å²) in [6.07, 6.45) is 2.19. The highest BCUT2D eigenvalue weighted by molar-refractivity contribution is 5.00. The van der Waals surface area contributed by atoms with Crippen LogP contribution < -0.4 is 0 Å². The molecule has 0 amide bonds. The Morgan fingerprint density at radius 2 is 2.00 bits per heavy atom. The monoisotopic (exact) mass is 305 g/mol. The Morgan fingerprint density at radius 1 is 1.18 bits per heavy atom. The van der Waals surface area contributed by atoms with Crippen molar-refractivity contribution >= 4 is 0 Å². The minimum atomic E-state index is -0.114. The third kappa shape index (κ3) is 3.35. The standard InChI is InChI=1S/C15H23N5O2/c1-10-16-13(21-18-10)11-6-5-7-20(8-11)9-12-17-14(22-19-12)15(2,3)4/h11H,5-9H2,1-4H3/t11-/m1/s1. The molecule has 3 rings (SSSR count). The van der Waals surface area contributed by atoms with Crippen LogP contribution in [0.3, 0.4) is 0 Å². The number of hydrogen-bond acceptors (Lipinski definition) is 7. The summed E-state index contributed by atoms with van der Waals surface area (Å²) in [6, 6.07) is 0. The molecule has 1 saturated heterocycles. The van der Waals surface area contributed by atoms with Crippen molar-refractivity contribution in [1.82, 2.24) is 25.2 Å². The fourth-order valence-corrected chi connectivity index (χ4v) is 2.70. The largest absolute Gasteiger partial charge is 0.339 e. The van der Waals surface area contributed by atoms with Gasteiger partial charge in [-0.1, -0.05) is 31.1 Å². The van der Waals surface area contributed by atoms with Crippen molar-refractivity contribution < 1.29 is 9.05 Å². The van der Waals surface area contributed by atoms with Crippen molar-refractivity contribution in [1.29, 1.82) is 0 Å². The second-order valence-corrected chi connectivity index (χ2v) is 7.02. The van der Waals surface area contributed by atoms with E-state index in [-0.39, 0.29) is 5.41 Å². The first kappa shape index (κ1) is 15.1. The molecule has 2 aromatic rings. The van der Waals surface area contributed by atoms with Crippen LogP contribution in [0.25, 0.3) is 0 Å². The van der Waals surface area contributed by atoms with Crippen molar-refractivity contribution in [2.75, 3.05) is 13.1 Å². The van der Waals surface area contributed by atoms with E-state index in [4.69, 9.17) is 9.05 Å². The van der Waals surface area contributed by atoms with E-state index in [1.54, 1.807) is 0 Å². The molecule has 7 nitrogen and oxygen atoms in total. The zero-order chi connectivity index (χ0) is 15.7. The van der Waals surface area contributed by atoms with Crippen molar-refractivity contribution in [3.8, 4) is 0 Å². The number of hydrogen-bond donors (Lipinski definition) is 0. The molecular formula is C15H23N5O2. The molecular weight excluding hydrogens is 282 g/mol. The molecule has 0 spiro atoms. The highest BCUT2D eigenvalue weighted by atomic mass is 16.5. The first-order valence-corrected chi connectivity index (χ1v) is 7.77. The van der Waals surface area contributed by atoms with Crippen LogP contribution in [0, 0.1) is 6.92 Å². The van der Waals surface area contributed by atoms with Crippen molar-refractivity contribution in [3.63, 3.8) is 0 Å². The molecule has 2 aromatic heterocycles. The Morgan fingerprint density at radius 3 is 2.64 bits per heavy atom. The maximum absolute atomic E-state index is 5.36. The topological polar surface area (TPSA) is 81.1 Å². The minimum absolute atomic E-state index is 0.114. The second-order valence-electron chi connectivity index (χ2n) is 7.02. The van der Waals surface area contributed by atoms with E-state index in [0.717, 1.165) is 37.6 Å². The van der Waals surface area contributed by atoms with Crippen LogP contribution in [0.1, 0.15) is 63.0 Å². The average Bonchev–Trinajstić information content (AvgIpc) is 3.08. The Hall–Kier alpha value is -1.76. The third-order valence-electron chi connectivity index (χ3n) is 3.87. The van der Waals surface area contributed by atoms with E-state index in [1.165, 1.54) is 0 Å². The first-order valence-electron chi connectivity index (χ1n) is 7.77. The molecule has 7 heteroatoms. The highest BCUT2D eigenvalue weighted by Crippen LogP contribution is 2.27. The van der Waals surface area contributed by atoms with Crippen LogP contribution >= 0.6 is 0 Å². The SMILES string of the molecule is Cc1noc([C@@H]2CCCN(Cc3noc(C(C)(C)C)n3)C2)n1. The summed E-state index contributed by atoms with van der Waals surface area (Å²) < 4.78 is 10.7. The van der Waals surface area contributed by atoms with Gasteiger partial charge in [-0.05, 0) is 26.3 Å². The van der Waals surface area contributed by atoms with E-state index >= 15 is 0 Å². The molecule has 0 aromatic carbocycles. The fourth-order valence-electron chi connectivity index (χ4n) is 2.70. The van der Waals surface area contributed by atoms with Crippen LogP contribution in [0.5, 0.6) is 0 Å². The van der Waals surface area contributed by atoms with Crippen molar-refractivity contribution in [3.05, 3.63) is 23.4 Å². The van der Waals surface area contributed by atoms with Gasteiger partial charge in [0.05, 0.1) is 12.5 Å². The zero-order valence-corrected chi connectivity index (χ0v) is 13.7. The van der Waals surface area contributed by atoms with Crippen molar-refractivity contribution in [2.24, 2.45) is 0 Å². The van der Waals surface area contributed by atoms with Gasteiger partial charge in [0.25, 0.3) is 0 Å². The maximum Gasteiger partial charge on any atom is 0.232 e. The van der Waals surface area contributed by atoms with Gasteiger partial charge in [0.1, 0.15) is 0 Å². The van der Waals surface area contributed by atoms with Crippen LogP contribution in [0.15, 0.2) is 9.05 Å². The normalized spacial score (nSPS) is 20.5. The summed E-state index contributed by atoms with van der Waals surface area (Å²) in [5.74, 6) is 3.16. The summed E-state index contributed by atoms with van der Waals surface area (Å²) in [7, 11) is 0. The molecule has 1 fully saturated rings. The molecule has 120 valence electrons. The molecule has 0 saturated carbocycles. The molecule has 3 heterocycles. The van der Waals surface area contributed by atoms with Crippen LogP contribution in [0.4, 0.5) is 0 Å². The number of nitrogens with zero attached hydrogens (tertiary/aromatic N) is 5. The van der Waals surface area contributed by atoms with Crippen LogP contribution in [-0.2, 0) is 12.0 Å². The van der Waals surface area contributed by atoms with Gasteiger partial charge in [-0.2, -0.15) is 9.97 Å². The van der Waals surface area contributed by atoms with E-state index in [1.807, 2.05) is 6.92 Å². The summed E-state index contributed by atoms with van der Waals surface area (Å²) in [5.41, 5.74) is -0.114. The number of piperidine rings is 1. The van der Waals surface area contributed by atoms with Gasteiger partial charge in [-0.15, -0.1) is 0 Å². The maximum atomic E-state index is 5.36. The smallest absolute Gasteiger partial charge is 0.232 e. The molecule has 1 aliphatic rings. The van der Waals surface area contributed by atoms with Crippen molar-refractivity contribution in [2.45, 2.75) is 58.4 Å². The van der Waals surface area contributed by atoms with E-state index in [0.29, 0.717) is 24.2 Å². The second kappa shape index (κ2) is 5.79. The van der Waals surface area contributed by atoms with Gasteiger partial charge in [0.2, 0.25) is 11.8 Å². The molecule has 0 N–H and O–H groups in total. The summed E-state index contributed by atoms with van der Waals surface area (Å²) >= 11 is 0. The van der Waals surface area contributed by atoms with E-state index in [9.17, 15) is 0 Å². The summed E-state index contributed by atoms with van der Waals surface area (Å²) in [4.78, 5) is 11.2. The molecule has 1 atom stereocenters. The lowest BCUT2D eigenvalue weighted by Gasteiger charge is -2.29. The predicted molar refractivity (Wildman–Crippen MR) is 79.3 cm³/mol. The van der Waals surface area contributed by atoms with E-state index in [2.05, 4.69) is 46.0 Å². The lowest BCUT2D eigenvalue weighted by atomic mass is 9.97. The lowest BCUT2D eigenvalue weighted by molar-refractivity contribution is 0.175. The quantitative estimate of drug-likeness (QED) is 0.861.